The molecule has 0 saturated carbocycles. The molecular formula is C13H10BrNO2. The van der Waals surface area contributed by atoms with E-state index in [4.69, 9.17) is 4.74 Å². The first kappa shape index (κ1) is 11.8. The fourth-order valence-electron chi connectivity index (χ4n) is 1.38. The highest BCUT2D eigenvalue weighted by Crippen LogP contribution is 2.15. The largest absolute Gasteiger partial charge is 0.423 e. The second-order valence-electron chi connectivity index (χ2n) is 3.37. The highest BCUT2D eigenvalue weighted by molar-refractivity contribution is 9.08. The van der Waals surface area contributed by atoms with Crippen LogP contribution in [0.15, 0.2) is 48.8 Å². The Morgan fingerprint density at radius 3 is 2.71 bits per heavy atom. The molecule has 1 aromatic carbocycles. The van der Waals surface area contributed by atoms with Crippen LogP contribution in [0, 0.1) is 0 Å². The van der Waals surface area contributed by atoms with Gasteiger partial charge in [-0.3, -0.25) is 4.98 Å². The molecule has 0 aliphatic carbocycles. The van der Waals surface area contributed by atoms with E-state index in [-0.39, 0.29) is 5.97 Å². The van der Waals surface area contributed by atoms with E-state index in [0.717, 1.165) is 5.56 Å². The van der Waals surface area contributed by atoms with Gasteiger partial charge in [0, 0.05) is 17.7 Å². The quantitative estimate of drug-likeness (QED) is 0.495. The molecule has 0 aliphatic heterocycles. The summed E-state index contributed by atoms with van der Waals surface area (Å²) in [6, 6.07) is 10.6. The molecule has 0 aliphatic rings. The van der Waals surface area contributed by atoms with Crippen molar-refractivity contribution >= 4 is 21.9 Å². The number of aromatic nitrogens is 1. The SMILES string of the molecule is O=C(Oc1ccccc1)c1ccncc1CBr. The van der Waals surface area contributed by atoms with Crippen molar-refractivity contribution in [3.8, 4) is 5.75 Å². The van der Waals surface area contributed by atoms with E-state index in [1.165, 1.54) is 0 Å². The third-order valence-corrected chi connectivity index (χ3v) is 2.83. The molecular weight excluding hydrogens is 282 g/mol. The maximum Gasteiger partial charge on any atom is 0.343 e. The summed E-state index contributed by atoms with van der Waals surface area (Å²) >= 11 is 3.31. The Kier molecular flexibility index (Phi) is 3.88. The van der Waals surface area contributed by atoms with Crippen molar-refractivity contribution in [2.75, 3.05) is 0 Å². The zero-order valence-electron chi connectivity index (χ0n) is 8.97. The Morgan fingerprint density at radius 2 is 2.00 bits per heavy atom. The lowest BCUT2D eigenvalue weighted by atomic mass is 10.2. The molecule has 17 heavy (non-hydrogen) atoms. The lowest BCUT2D eigenvalue weighted by Crippen LogP contribution is -2.11. The minimum atomic E-state index is -0.368. The van der Waals surface area contributed by atoms with E-state index in [1.54, 1.807) is 30.6 Å². The van der Waals surface area contributed by atoms with Crippen molar-refractivity contribution < 1.29 is 9.53 Å². The summed E-state index contributed by atoms with van der Waals surface area (Å²) in [7, 11) is 0. The van der Waals surface area contributed by atoms with Crippen LogP contribution in [0.25, 0.3) is 0 Å². The van der Waals surface area contributed by atoms with Gasteiger partial charge < -0.3 is 4.74 Å². The van der Waals surface area contributed by atoms with Gasteiger partial charge in [-0.1, -0.05) is 34.1 Å². The number of para-hydroxylation sites is 1. The first-order valence-electron chi connectivity index (χ1n) is 5.07. The average molecular weight is 292 g/mol. The number of halogens is 1. The van der Waals surface area contributed by atoms with Crippen molar-refractivity contribution in [3.63, 3.8) is 0 Å². The number of rotatable bonds is 3. The first-order chi connectivity index (χ1) is 8.31. The maximum absolute atomic E-state index is 11.9. The molecule has 0 radical (unpaired) electrons. The number of hydrogen-bond acceptors (Lipinski definition) is 3. The van der Waals surface area contributed by atoms with Gasteiger partial charge in [0.05, 0.1) is 5.56 Å². The van der Waals surface area contributed by atoms with Gasteiger partial charge in [0.2, 0.25) is 0 Å². The third-order valence-electron chi connectivity index (χ3n) is 2.22. The Labute approximate surface area is 108 Å². The number of ether oxygens (including phenoxy) is 1. The predicted octanol–water partition coefficient (Wildman–Crippen LogP) is 3.20. The molecule has 1 aromatic heterocycles. The van der Waals surface area contributed by atoms with Crippen LogP contribution in [0.4, 0.5) is 0 Å². The van der Waals surface area contributed by atoms with Gasteiger partial charge in [-0.2, -0.15) is 0 Å². The summed E-state index contributed by atoms with van der Waals surface area (Å²) in [5, 5.41) is 0.570. The number of pyridine rings is 1. The molecule has 0 saturated heterocycles. The van der Waals surface area contributed by atoms with Crippen LogP contribution in [-0.4, -0.2) is 11.0 Å². The fourth-order valence-corrected chi connectivity index (χ4v) is 1.83. The van der Waals surface area contributed by atoms with E-state index in [9.17, 15) is 4.79 Å². The average Bonchev–Trinajstić information content (AvgIpc) is 2.40. The van der Waals surface area contributed by atoms with Gasteiger partial charge in [-0.05, 0) is 23.8 Å². The van der Waals surface area contributed by atoms with E-state index < -0.39 is 0 Å². The summed E-state index contributed by atoms with van der Waals surface area (Å²) in [6.07, 6.45) is 3.23. The molecule has 0 atom stereocenters. The number of nitrogens with zero attached hydrogens (tertiary/aromatic N) is 1. The maximum atomic E-state index is 11.9. The number of carbonyl (C=O) groups is 1. The fraction of sp³-hybridized carbons (Fsp3) is 0.0769. The Bertz CT molecular complexity index is 514. The molecule has 0 unspecified atom stereocenters. The molecule has 86 valence electrons. The smallest absolute Gasteiger partial charge is 0.343 e. The molecule has 2 aromatic rings. The Balaban J connectivity index is 2.20. The zero-order chi connectivity index (χ0) is 12.1. The van der Waals surface area contributed by atoms with Crippen LogP contribution in [0.5, 0.6) is 5.75 Å². The van der Waals surface area contributed by atoms with Crippen molar-refractivity contribution in [2.45, 2.75) is 5.33 Å². The first-order valence-corrected chi connectivity index (χ1v) is 6.19. The Hall–Kier alpha value is -1.68. The topological polar surface area (TPSA) is 39.2 Å². The molecule has 0 spiro atoms. The van der Waals surface area contributed by atoms with Crippen molar-refractivity contribution in [1.82, 2.24) is 4.98 Å². The number of benzene rings is 1. The Morgan fingerprint density at radius 1 is 1.24 bits per heavy atom. The molecule has 0 bridgehead atoms. The van der Waals surface area contributed by atoms with Crippen LogP contribution in [-0.2, 0) is 5.33 Å². The van der Waals surface area contributed by atoms with E-state index in [2.05, 4.69) is 20.9 Å². The number of esters is 1. The second-order valence-corrected chi connectivity index (χ2v) is 3.93. The molecule has 0 amide bonds. The van der Waals surface area contributed by atoms with Gasteiger partial charge in [0.25, 0.3) is 0 Å². The molecule has 2 rings (SSSR count). The summed E-state index contributed by atoms with van der Waals surface area (Å²) in [5.74, 6) is 0.169. The van der Waals surface area contributed by atoms with Crippen molar-refractivity contribution in [3.05, 3.63) is 59.9 Å². The summed E-state index contributed by atoms with van der Waals surface area (Å²) in [5.41, 5.74) is 1.34. The minimum absolute atomic E-state index is 0.368. The van der Waals surface area contributed by atoms with E-state index in [0.29, 0.717) is 16.6 Å². The highest BCUT2D eigenvalue weighted by atomic mass is 79.9. The second kappa shape index (κ2) is 5.59. The summed E-state index contributed by atoms with van der Waals surface area (Å²) in [6.45, 7) is 0. The predicted molar refractivity (Wildman–Crippen MR) is 68.3 cm³/mol. The molecule has 1 heterocycles. The van der Waals surface area contributed by atoms with Gasteiger partial charge in [0.15, 0.2) is 0 Å². The van der Waals surface area contributed by atoms with Gasteiger partial charge in [-0.15, -0.1) is 0 Å². The number of carbonyl (C=O) groups excluding carboxylic acids is 1. The monoisotopic (exact) mass is 291 g/mol. The zero-order valence-corrected chi connectivity index (χ0v) is 10.6. The lowest BCUT2D eigenvalue weighted by molar-refractivity contribution is 0.0734. The van der Waals surface area contributed by atoms with Gasteiger partial charge >= 0.3 is 5.97 Å². The van der Waals surface area contributed by atoms with Crippen molar-refractivity contribution in [1.29, 1.82) is 0 Å². The van der Waals surface area contributed by atoms with Gasteiger partial charge in [0.1, 0.15) is 5.75 Å². The minimum Gasteiger partial charge on any atom is -0.423 e. The molecule has 4 heteroatoms. The van der Waals surface area contributed by atoms with E-state index >= 15 is 0 Å². The van der Waals surface area contributed by atoms with Crippen molar-refractivity contribution in [2.24, 2.45) is 0 Å². The summed E-state index contributed by atoms with van der Waals surface area (Å²) in [4.78, 5) is 15.9. The number of alkyl halides is 1. The third kappa shape index (κ3) is 2.91. The highest BCUT2D eigenvalue weighted by Gasteiger charge is 2.12. The lowest BCUT2D eigenvalue weighted by Gasteiger charge is -2.06. The van der Waals surface area contributed by atoms with Gasteiger partial charge in [-0.25, -0.2) is 4.79 Å². The molecule has 3 nitrogen and oxygen atoms in total. The summed E-state index contributed by atoms with van der Waals surface area (Å²) < 4.78 is 5.26. The van der Waals surface area contributed by atoms with Crippen LogP contribution in [0.1, 0.15) is 15.9 Å². The van der Waals surface area contributed by atoms with E-state index in [1.807, 2.05) is 18.2 Å². The van der Waals surface area contributed by atoms with Crippen LogP contribution >= 0.6 is 15.9 Å². The molecule has 0 fully saturated rings. The van der Waals surface area contributed by atoms with Crippen LogP contribution < -0.4 is 4.74 Å². The van der Waals surface area contributed by atoms with Crippen LogP contribution in [0.2, 0.25) is 0 Å². The molecule has 0 N–H and O–H groups in total. The normalized spacial score (nSPS) is 9.94. The standard InChI is InChI=1S/C13H10BrNO2/c14-8-10-9-15-7-6-12(10)13(16)17-11-4-2-1-3-5-11/h1-7,9H,8H2. The number of hydrogen-bond donors (Lipinski definition) is 0. The van der Waals surface area contributed by atoms with Crippen LogP contribution in [0.3, 0.4) is 0 Å².